The molecule has 2 aromatic carbocycles. The second kappa shape index (κ2) is 4.55. The van der Waals surface area contributed by atoms with Crippen molar-refractivity contribution in [1.82, 2.24) is 4.98 Å². The third-order valence-electron chi connectivity index (χ3n) is 3.28. The van der Waals surface area contributed by atoms with Gasteiger partial charge < -0.3 is 10.5 Å². The van der Waals surface area contributed by atoms with E-state index in [0.29, 0.717) is 11.4 Å². The summed E-state index contributed by atoms with van der Waals surface area (Å²) in [5.74, 6) is 1.49. The van der Waals surface area contributed by atoms with Crippen LogP contribution in [0.1, 0.15) is 11.1 Å². The lowest BCUT2D eigenvalue weighted by Gasteiger charge is -2.12. The third-order valence-corrected chi connectivity index (χ3v) is 4.07. The van der Waals surface area contributed by atoms with Crippen LogP contribution in [0.5, 0.6) is 11.5 Å². The molecule has 0 spiro atoms. The van der Waals surface area contributed by atoms with Crippen LogP contribution >= 0.6 is 11.3 Å². The fourth-order valence-corrected chi connectivity index (χ4v) is 2.67. The Balaban J connectivity index is 2.05. The number of thiazole rings is 1. The molecular weight excluding hydrogens is 256 g/mol. The molecule has 0 aliphatic carbocycles. The number of anilines is 1. The average Bonchev–Trinajstić information content (AvgIpc) is 2.87. The lowest BCUT2D eigenvalue weighted by Crippen LogP contribution is -1.95. The molecule has 3 nitrogen and oxygen atoms in total. The van der Waals surface area contributed by atoms with Crippen LogP contribution in [0.3, 0.4) is 0 Å². The molecular formula is C15H14N2OS. The summed E-state index contributed by atoms with van der Waals surface area (Å²) in [5.41, 5.74) is 11.6. The Hall–Kier alpha value is -2.07. The standard InChI is InChI=1S/C15H14N2OS/c1-9-4-3-5-11(10(9)2)18-12-6-7-13-15(14(12)16)17-8-19-13/h3-8H,16H2,1-2H3. The highest BCUT2D eigenvalue weighted by Crippen LogP contribution is 2.35. The minimum Gasteiger partial charge on any atom is -0.455 e. The summed E-state index contributed by atoms with van der Waals surface area (Å²) in [7, 11) is 0. The number of fused-ring (bicyclic) bond motifs is 1. The van der Waals surface area contributed by atoms with Gasteiger partial charge in [0.25, 0.3) is 0 Å². The van der Waals surface area contributed by atoms with Gasteiger partial charge in [0.15, 0.2) is 5.75 Å². The SMILES string of the molecule is Cc1cccc(Oc2ccc3scnc3c2N)c1C. The van der Waals surface area contributed by atoms with Gasteiger partial charge in [-0.3, -0.25) is 0 Å². The van der Waals surface area contributed by atoms with E-state index in [1.165, 1.54) is 5.56 Å². The van der Waals surface area contributed by atoms with E-state index in [9.17, 15) is 0 Å². The number of rotatable bonds is 2. The molecule has 0 aliphatic heterocycles. The van der Waals surface area contributed by atoms with Gasteiger partial charge in [0.2, 0.25) is 0 Å². The predicted octanol–water partition coefficient (Wildman–Crippen LogP) is 4.29. The van der Waals surface area contributed by atoms with E-state index < -0.39 is 0 Å². The largest absolute Gasteiger partial charge is 0.455 e. The average molecular weight is 270 g/mol. The Morgan fingerprint density at radius 1 is 1.11 bits per heavy atom. The first-order chi connectivity index (χ1) is 9.16. The van der Waals surface area contributed by atoms with E-state index in [1.54, 1.807) is 16.8 Å². The minimum atomic E-state index is 0.597. The lowest BCUT2D eigenvalue weighted by atomic mass is 10.1. The molecule has 3 aromatic rings. The van der Waals surface area contributed by atoms with Crippen molar-refractivity contribution >= 4 is 27.2 Å². The van der Waals surface area contributed by atoms with Crippen molar-refractivity contribution in [2.75, 3.05) is 5.73 Å². The van der Waals surface area contributed by atoms with Crippen molar-refractivity contribution in [3.05, 3.63) is 47.0 Å². The molecule has 2 N–H and O–H groups in total. The minimum absolute atomic E-state index is 0.597. The van der Waals surface area contributed by atoms with Gasteiger partial charge in [-0.15, -0.1) is 11.3 Å². The summed E-state index contributed by atoms with van der Waals surface area (Å²) in [6.07, 6.45) is 0. The maximum Gasteiger partial charge on any atom is 0.152 e. The monoisotopic (exact) mass is 270 g/mol. The summed E-state index contributed by atoms with van der Waals surface area (Å²) in [5, 5.41) is 0. The number of aryl methyl sites for hydroxylation is 1. The van der Waals surface area contributed by atoms with Gasteiger partial charge in [-0.1, -0.05) is 12.1 Å². The van der Waals surface area contributed by atoms with Crippen LogP contribution in [-0.2, 0) is 0 Å². The molecule has 0 radical (unpaired) electrons. The predicted molar refractivity (Wildman–Crippen MR) is 80.0 cm³/mol. The summed E-state index contributed by atoms with van der Waals surface area (Å²) in [6, 6.07) is 9.89. The first-order valence-corrected chi connectivity index (χ1v) is 6.90. The number of benzene rings is 2. The molecule has 0 fully saturated rings. The quantitative estimate of drug-likeness (QED) is 0.707. The van der Waals surface area contributed by atoms with Crippen LogP contribution < -0.4 is 10.5 Å². The van der Waals surface area contributed by atoms with Crippen molar-refractivity contribution in [2.45, 2.75) is 13.8 Å². The Morgan fingerprint density at radius 2 is 1.95 bits per heavy atom. The van der Waals surface area contributed by atoms with Crippen LogP contribution in [0, 0.1) is 13.8 Å². The molecule has 0 saturated heterocycles. The molecule has 4 heteroatoms. The zero-order chi connectivity index (χ0) is 13.4. The summed E-state index contributed by atoms with van der Waals surface area (Å²) < 4.78 is 7.01. The smallest absolute Gasteiger partial charge is 0.152 e. The van der Waals surface area contributed by atoms with Crippen LogP contribution in [0.15, 0.2) is 35.8 Å². The highest BCUT2D eigenvalue weighted by atomic mass is 32.1. The van der Waals surface area contributed by atoms with E-state index in [-0.39, 0.29) is 0 Å². The van der Waals surface area contributed by atoms with Gasteiger partial charge in [-0.2, -0.15) is 0 Å². The number of aromatic nitrogens is 1. The highest BCUT2D eigenvalue weighted by molar-refractivity contribution is 7.16. The van der Waals surface area contributed by atoms with E-state index in [2.05, 4.69) is 18.0 Å². The van der Waals surface area contributed by atoms with Gasteiger partial charge in [-0.25, -0.2) is 4.98 Å². The van der Waals surface area contributed by atoms with Crippen LogP contribution in [0.2, 0.25) is 0 Å². The molecule has 0 unspecified atom stereocenters. The molecule has 0 aliphatic rings. The number of ether oxygens (including phenoxy) is 1. The number of nitrogens with two attached hydrogens (primary N) is 1. The normalized spacial score (nSPS) is 10.8. The molecule has 3 rings (SSSR count). The second-order valence-corrected chi connectivity index (χ2v) is 5.36. The van der Waals surface area contributed by atoms with E-state index in [1.807, 2.05) is 31.2 Å². The van der Waals surface area contributed by atoms with Gasteiger partial charge in [0.05, 0.1) is 10.2 Å². The van der Waals surface area contributed by atoms with Crippen molar-refractivity contribution < 1.29 is 4.74 Å². The number of hydrogen-bond donors (Lipinski definition) is 1. The van der Waals surface area contributed by atoms with Gasteiger partial charge in [0, 0.05) is 0 Å². The van der Waals surface area contributed by atoms with Crippen LogP contribution in [0.4, 0.5) is 5.69 Å². The zero-order valence-electron chi connectivity index (χ0n) is 10.8. The summed E-state index contributed by atoms with van der Waals surface area (Å²) >= 11 is 1.58. The van der Waals surface area contributed by atoms with Gasteiger partial charge in [0.1, 0.15) is 17.0 Å². The van der Waals surface area contributed by atoms with E-state index in [4.69, 9.17) is 10.5 Å². The molecule has 19 heavy (non-hydrogen) atoms. The Bertz CT molecular complexity index is 749. The fourth-order valence-electron chi connectivity index (χ4n) is 1.98. The highest BCUT2D eigenvalue weighted by Gasteiger charge is 2.10. The van der Waals surface area contributed by atoms with Crippen molar-refractivity contribution in [3.8, 4) is 11.5 Å². The second-order valence-electron chi connectivity index (χ2n) is 4.48. The van der Waals surface area contributed by atoms with Gasteiger partial charge >= 0.3 is 0 Å². The third kappa shape index (κ3) is 2.04. The lowest BCUT2D eigenvalue weighted by molar-refractivity contribution is 0.481. The van der Waals surface area contributed by atoms with E-state index >= 15 is 0 Å². The number of hydrogen-bond acceptors (Lipinski definition) is 4. The maximum absolute atomic E-state index is 6.12. The van der Waals surface area contributed by atoms with Crippen molar-refractivity contribution in [1.29, 1.82) is 0 Å². The summed E-state index contributed by atoms with van der Waals surface area (Å²) in [6.45, 7) is 4.11. The number of nitrogen functional groups attached to an aromatic ring is 1. The maximum atomic E-state index is 6.12. The Kier molecular flexibility index (Phi) is 2.87. The Labute approximate surface area is 115 Å². The molecule has 0 atom stereocenters. The fraction of sp³-hybridized carbons (Fsp3) is 0.133. The molecule has 0 amide bonds. The topological polar surface area (TPSA) is 48.1 Å². The van der Waals surface area contributed by atoms with Crippen LogP contribution in [0.25, 0.3) is 10.2 Å². The van der Waals surface area contributed by atoms with Crippen molar-refractivity contribution in [2.24, 2.45) is 0 Å². The zero-order valence-corrected chi connectivity index (χ0v) is 11.6. The van der Waals surface area contributed by atoms with Crippen molar-refractivity contribution in [3.63, 3.8) is 0 Å². The number of nitrogens with zero attached hydrogens (tertiary/aromatic N) is 1. The molecule has 0 saturated carbocycles. The van der Waals surface area contributed by atoms with Gasteiger partial charge in [-0.05, 0) is 43.2 Å². The first-order valence-electron chi connectivity index (χ1n) is 6.02. The van der Waals surface area contributed by atoms with Crippen LogP contribution in [-0.4, -0.2) is 4.98 Å². The summed E-state index contributed by atoms with van der Waals surface area (Å²) in [4.78, 5) is 4.27. The van der Waals surface area contributed by atoms with E-state index in [0.717, 1.165) is 21.5 Å². The molecule has 1 heterocycles. The molecule has 0 bridgehead atoms. The first kappa shape index (κ1) is 12.0. The molecule has 96 valence electrons. The Morgan fingerprint density at radius 3 is 2.79 bits per heavy atom. The molecule has 1 aromatic heterocycles.